The van der Waals surface area contributed by atoms with Crippen LogP contribution < -0.4 is 4.90 Å². The molecule has 8 aromatic rings. The standard InChI is InChI=1S/C55H45NO/c1-53(2)48-24-14-12-23-45(48)47-35-41(32-34-49(47)53)56(40-29-27-37(28-30-40)43-21-11-15-25-50(43)54(3,4)57)42-31-33-46-44-22-13-16-26-51(44)55(52(46)36-42,38-17-7-5-8-18-38)39-19-9-6-10-20-39/h5-36,57H,1-4H3. The molecular weight excluding hydrogens is 691 g/mol. The van der Waals surface area contributed by atoms with Crippen LogP contribution in [0.1, 0.15) is 66.6 Å². The first-order valence-electron chi connectivity index (χ1n) is 20.0. The first-order valence-corrected chi connectivity index (χ1v) is 20.0. The first-order chi connectivity index (χ1) is 27.7. The van der Waals surface area contributed by atoms with Gasteiger partial charge in [-0.15, -0.1) is 0 Å². The molecule has 8 aromatic carbocycles. The van der Waals surface area contributed by atoms with Crippen molar-refractivity contribution >= 4 is 17.1 Å². The fourth-order valence-electron chi connectivity index (χ4n) is 9.92. The Labute approximate surface area is 336 Å². The first kappa shape index (κ1) is 35.0. The van der Waals surface area contributed by atoms with Gasteiger partial charge in [0.1, 0.15) is 0 Å². The van der Waals surface area contributed by atoms with Gasteiger partial charge in [-0.1, -0.05) is 172 Å². The second-order valence-electron chi connectivity index (χ2n) is 16.6. The Morgan fingerprint density at radius 3 is 1.53 bits per heavy atom. The lowest BCUT2D eigenvalue weighted by Crippen LogP contribution is -2.28. The molecule has 2 nitrogen and oxygen atoms in total. The summed E-state index contributed by atoms with van der Waals surface area (Å²) in [5.41, 5.74) is 17.6. The van der Waals surface area contributed by atoms with Crippen molar-refractivity contribution in [1.29, 1.82) is 0 Å². The summed E-state index contributed by atoms with van der Waals surface area (Å²) in [5.74, 6) is 0. The largest absolute Gasteiger partial charge is 0.386 e. The second-order valence-corrected chi connectivity index (χ2v) is 16.6. The molecule has 0 spiro atoms. The lowest BCUT2D eigenvalue weighted by atomic mass is 9.67. The molecule has 0 fully saturated rings. The van der Waals surface area contributed by atoms with Crippen molar-refractivity contribution in [3.05, 3.63) is 233 Å². The molecule has 2 heteroatoms. The lowest BCUT2D eigenvalue weighted by Gasteiger charge is -2.35. The van der Waals surface area contributed by atoms with Gasteiger partial charge in [0.05, 0.1) is 11.0 Å². The molecule has 0 aliphatic heterocycles. The van der Waals surface area contributed by atoms with E-state index in [1.165, 1.54) is 55.6 Å². The molecule has 0 atom stereocenters. The van der Waals surface area contributed by atoms with Crippen molar-refractivity contribution in [2.75, 3.05) is 4.90 Å². The summed E-state index contributed by atoms with van der Waals surface area (Å²) in [6.07, 6.45) is 0. The molecule has 0 amide bonds. The average molecular weight is 736 g/mol. The number of hydrogen-bond acceptors (Lipinski definition) is 2. The van der Waals surface area contributed by atoms with Gasteiger partial charge in [0.2, 0.25) is 0 Å². The van der Waals surface area contributed by atoms with Crippen molar-refractivity contribution in [3.8, 4) is 33.4 Å². The fourth-order valence-corrected chi connectivity index (χ4v) is 9.92. The molecule has 276 valence electrons. The Kier molecular flexibility index (Phi) is 8.01. The van der Waals surface area contributed by atoms with E-state index in [1.807, 2.05) is 32.0 Å². The summed E-state index contributed by atoms with van der Waals surface area (Å²) in [5, 5.41) is 11.1. The predicted octanol–water partition coefficient (Wildman–Crippen LogP) is 13.7. The topological polar surface area (TPSA) is 23.5 Å². The zero-order chi connectivity index (χ0) is 38.9. The molecule has 0 aromatic heterocycles. The van der Waals surface area contributed by atoms with Gasteiger partial charge in [-0.25, -0.2) is 0 Å². The van der Waals surface area contributed by atoms with Gasteiger partial charge in [0.25, 0.3) is 0 Å². The maximum Gasteiger partial charge on any atom is 0.0846 e. The van der Waals surface area contributed by atoms with Crippen LogP contribution in [0.5, 0.6) is 0 Å². The Hall–Kier alpha value is -6.48. The van der Waals surface area contributed by atoms with Crippen molar-refractivity contribution in [3.63, 3.8) is 0 Å². The van der Waals surface area contributed by atoms with Gasteiger partial charge in [-0.2, -0.15) is 0 Å². The Bertz CT molecular complexity index is 2750. The quantitative estimate of drug-likeness (QED) is 0.176. The zero-order valence-corrected chi connectivity index (χ0v) is 32.9. The minimum absolute atomic E-state index is 0.0882. The Morgan fingerprint density at radius 1 is 0.404 bits per heavy atom. The molecule has 0 bridgehead atoms. The molecule has 10 rings (SSSR count). The van der Waals surface area contributed by atoms with E-state index in [0.29, 0.717) is 0 Å². The average Bonchev–Trinajstić information content (AvgIpc) is 3.67. The SMILES string of the molecule is CC(C)(O)c1ccccc1-c1ccc(N(c2ccc3c(c2)-c2ccccc2C3(C)C)c2ccc3c(c2)C(c2ccccc2)(c2ccccc2)c2ccccc2-3)cc1. The maximum absolute atomic E-state index is 11.1. The third-order valence-corrected chi connectivity index (χ3v) is 12.5. The Balaban J connectivity index is 1.21. The van der Waals surface area contributed by atoms with Crippen molar-refractivity contribution in [2.24, 2.45) is 0 Å². The summed E-state index contributed by atoms with van der Waals surface area (Å²) in [7, 11) is 0. The molecule has 0 unspecified atom stereocenters. The van der Waals surface area contributed by atoms with E-state index in [4.69, 9.17) is 0 Å². The summed E-state index contributed by atoms with van der Waals surface area (Å²) >= 11 is 0. The van der Waals surface area contributed by atoms with Crippen LogP contribution in [0.4, 0.5) is 17.1 Å². The molecular formula is C55H45NO. The molecule has 1 N–H and O–H groups in total. The number of fused-ring (bicyclic) bond motifs is 6. The predicted molar refractivity (Wildman–Crippen MR) is 237 cm³/mol. The van der Waals surface area contributed by atoms with Gasteiger partial charge in [-0.05, 0) is 123 Å². The molecule has 0 radical (unpaired) electrons. The van der Waals surface area contributed by atoms with E-state index in [1.54, 1.807) is 0 Å². The van der Waals surface area contributed by atoms with Gasteiger partial charge in [0, 0.05) is 22.5 Å². The van der Waals surface area contributed by atoms with E-state index < -0.39 is 11.0 Å². The highest BCUT2D eigenvalue weighted by molar-refractivity contribution is 5.91. The lowest BCUT2D eigenvalue weighted by molar-refractivity contribution is 0.0792. The van der Waals surface area contributed by atoms with Crippen LogP contribution in [0.25, 0.3) is 33.4 Å². The van der Waals surface area contributed by atoms with E-state index in [9.17, 15) is 5.11 Å². The number of rotatable bonds is 7. The minimum Gasteiger partial charge on any atom is -0.386 e. The van der Waals surface area contributed by atoms with E-state index in [2.05, 4.69) is 195 Å². The fraction of sp³-hybridized carbons (Fsp3) is 0.127. The van der Waals surface area contributed by atoms with Gasteiger partial charge in [0.15, 0.2) is 0 Å². The second kappa shape index (κ2) is 13.0. The van der Waals surface area contributed by atoms with E-state index >= 15 is 0 Å². The summed E-state index contributed by atoms with van der Waals surface area (Å²) in [4.78, 5) is 2.42. The highest BCUT2D eigenvalue weighted by Gasteiger charge is 2.46. The van der Waals surface area contributed by atoms with Crippen LogP contribution in [0, 0.1) is 0 Å². The number of aliphatic hydroxyl groups is 1. The van der Waals surface area contributed by atoms with Crippen LogP contribution in [-0.2, 0) is 16.4 Å². The maximum atomic E-state index is 11.1. The van der Waals surface area contributed by atoms with E-state index in [0.717, 1.165) is 33.8 Å². The van der Waals surface area contributed by atoms with E-state index in [-0.39, 0.29) is 5.41 Å². The monoisotopic (exact) mass is 735 g/mol. The van der Waals surface area contributed by atoms with Crippen molar-refractivity contribution in [1.82, 2.24) is 0 Å². The minimum atomic E-state index is -0.970. The summed E-state index contributed by atoms with van der Waals surface area (Å²) < 4.78 is 0. The van der Waals surface area contributed by atoms with Crippen LogP contribution in [0.15, 0.2) is 194 Å². The Morgan fingerprint density at radius 2 is 0.877 bits per heavy atom. The van der Waals surface area contributed by atoms with Crippen LogP contribution in [-0.4, -0.2) is 5.11 Å². The molecule has 0 heterocycles. The smallest absolute Gasteiger partial charge is 0.0846 e. The van der Waals surface area contributed by atoms with Gasteiger partial charge >= 0.3 is 0 Å². The summed E-state index contributed by atoms with van der Waals surface area (Å²) in [6.45, 7) is 8.38. The molecule has 57 heavy (non-hydrogen) atoms. The highest BCUT2D eigenvalue weighted by Crippen LogP contribution is 2.58. The molecule has 2 aliphatic carbocycles. The van der Waals surface area contributed by atoms with Crippen LogP contribution >= 0.6 is 0 Å². The molecule has 2 aliphatic rings. The zero-order valence-electron chi connectivity index (χ0n) is 32.9. The summed E-state index contributed by atoms with van der Waals surface area (Å²) in [6, 6.07) is 70.9. The third kappa shape index (κ3) is 5.35. The van der Waals surface area contributed by atoms with Crippen molar-refractivity contribution < 1.29 is 5.11 Å². The van der Waals surface area contributed by atoms with Gasteiger partial charge in [-0.3, -0.25) is 0 Å². The molecule has 0 saturated heterocycles. The number of nitrogens with zero attached hydrogens (tertiary/aromatic N) is 1. The van der Waals surface area contributed by atoms with Crippen molar-refractivity contribution in [2.45, 2.75) is 44.1 Å². The normalized spacial score (nSPS) is 14.3. The number of benzene rings is 8. The molecule has 0 saturated carbocycles. The number of hydrogen-bond donors (Lipinski definition) is 1. The van der Waals surface area contributed by atoms with Gasteiger partial charge < -0.3 is 10.0 Å². The number of anilines is 3. The third-order valence-electron chi connectivity index (χ3n) is 12.5. The van der Waals surface area contributed by atoms with Crippen LogP contribution in [0.3, 0.4) is 0 Å². The van der Waals surface area contributed by atoms with Crippen LogP contribution in [0.2, 0.25) is 0 Å². The highest BCUT2D eigenvalue weighted by atomic mass is 16.3.